The van der Waals surface area contributed by atoms with Crippen molar-refractivity contribution in [3.63, 3.8) is 0 Å². The van der Waals surface area contributed by atoms with Crippen LogP contribution in [-0.2, 0) is 22.3 Å². The molecule has 0 radical (unpaired) electrons. The number of nitrogens with one attached hydrogen (secondary N) is 1. The summed E-state index contributed by atoms with van der Waals surface area (Å²) in [6.45, 7) is 7.86. The summed E-state index contributed by atoms with van der Waals surface area (Å²) in [6, 6.07) is 4.53. The molecule has 0 aromatic heterocycles. The average Bonchev–Trinajstić information content (AvgIpc) is 2.30. The lowest BCUT2D eigenvalue weighted by Gasteiger charge is -2.22. The number of benzene rings is 1. The number of hydrogen-bond acceptors (Lipinski definition) is 2. The van der Waals surface area contributed by atoms with E-state index in [-0.39, 0.29) is 16.6 Å². The molecule has 0 amide bonds. The van der Waals surface area contributed by atoms with E-state index >= 15 is 0 Å². The van der Waals surface area contributed by atoms with Gasteiger partial charge >= 0.3 is 0 Å². The molecule has 5 heteroatoms. The average molecular weight is 287 g/mol. The first-order chi connectivity index (χ1) is 8.75. The van der Waals surface area contributed by atoms with E-state index in [1.54, 1.807) is 26.2 Å². The zero-order chi connectivity index (χ0) is 14.6. The molecular weight excluding hydrogens is 265 g/mol. The summed E-state index contributed by atoms with van der Waals surface area (Å²) >= 11 is 0. The molecule has 0 heterocycles. The van der Waals surface area contributed by atoms with Crippen LogP contribution in [0.15, 0.2) is 18.2 Å². The van der Waals surface area contributed by atoms with Crippen LogP contribution in [0.1, 0.15) is 44.9 Å². The number of rotatable bonds is 5. The van der Waals surface area contributed by atoms with Gasteiger partial charge in [0.25, 0.3) is 0 Å². The highest BCUT2D eigenvalue weighted by atomic mass is 32.2. The van der Waals surface area contributed by atoms with E-state index in [0.29, 0.717) is 12.2 Å². The van der Waals surface area contributed by atoms with Crippen molar-refractivity contribution in [3.05, 3.63) is 35.1 Å². The third-order valence-corrected chi connectivity index (χ3v) is 4.36. The second-order valence-corrected chi connectivity index (χ2v) is 7.51. The fourth-order valence-electron chi connectivity index (χ4n) is 1.58. The van der Waals surface area contributed by atoms with Gasteiger partial charge in [-0.3, -0.25) is 0 Å². The van der Waals surface area contributed by atoms with Gasteiger partial charge in [0.1, 0.15) is 5.82 Å². The fraction of sp³-hybridized carbons (Fsp3) is 0.571. The van der Waals surface area contributed by atoms with Gasteiger partial charge in [-0.05, 0) is 45.4 Å². The third kappa shape index (κ3) is 4.67. The Morgan fingerprint density at radius 2 is 2.05 bits per heavy atom. The third-order valence-electron chi connectivity index (χ3n) is 2.68. The topological polar surface area (TPSA) is 38.3 Å². The van der Waals surface area contributed by atoms with Gasteiger partial charge < -0.3 is 4.74 Å². The van der Waals surface area contributed by atoms with Crippen LogP contribution in [0.4, 0.5) is 4.39 Å². The van der Waals surface area contributed by atoms with E-state index in [4.69, 9.17) is 4.74 Å². The molecule has 19 heavy (non-hydrogen) atoms. The lowest BCUT2D eigenvalue weighted by Crippen LogP contribution is -2.35. The van der Waals surface area contributed by atoms with E-state index in [2.05, 4.69) is 4.72 Å². The van der Waals surface area contributed by atoms with Crippen LogP contribution in [0.25, 0.3) is 0 Å². The first-order valence-corrected chi connectivity index (χ1v) is 7.36. The smallest absolute Gasteiger partial charge is 0.128 e. The second kappa shape index (κ2) is 6.59. The molecule has 108 valence electrons. The van der Waals surface area contributed by atoms with Crippen LogP contribution in [0, 0.1) is 5.82 Å². The van der Waals surface area contributed by atoms with Crippen molar-refractivity contribution in [2.45, 2.75) is 45.1 Å². The highest BCUT2D eigenvalue weighted by Gasteiger charge is 2.22. The Bertz CT molecular complexity index is 457. The minimum atomic E-state index is -1.23. The van der Waals surface area contributed by atoms with Crippen LogP contribution >= 0.6 is 0 Å². The maximum Gasteiger partial charge on any atom is 0.128 e. The number of ether oxygens (including phenoxy) is 1. The van der Waals surface area contributed by atoms with Crippen molar-refractivity contribution in [2.24, 2.45) is 0 Å². The van der Waals surface area contributed by atoms with Crippen LogP contribution in [0.5, 0.6) is 0 Å². The van der Waals surface area contributed by atoms with Gasteiger partial charge in [-0.15, -0.1) is 0 Å². The van der Waals surface area contributed by atoms with Crippen molar-refractivity contribution in [1.82, 2.24) is 4.72 Å². The molecule has 0 aliphatic heterocycles. The van der Waals surface area contributed by atoms with Gasteiger partial charge in [0, 0.05) is 18.7 Å². The highest BCUT2D eigenvalue weighted by molar-refractivity contribution is 7.84. The number of halogens is 1. The largest absolute Gasteiger partial charge is 0.380 e. The summed E-state index contributed by atoms with van der Waals surface area (Å²) in [7, 11) is 0.362. The molecule has 0 bridgehead atoms. The maximum atomic E-state index is 13.8. The first-order valence-electron chi connectivity index (χ1n) is 6.21. The Morgan fingerprint density at radius 3 is 2.58 bits per heavy atom. The normalized spacial score (nSPS) is 15.3. The van der Waals surface area contributed by atoms with E-state index in [1.807, 2.05) is 20.8 Å². The molecule has 3 nitrogen and oxygen atoms in total. The SMILES string of the molecule is COCc1ccc(F)c([C@H](C)N[S@](=O)C(C)(C)C)c1. The molecule has 0 unspecified atom stereocenters. The lowest BCUT2D eigenvalue weighted by atomic mass is 10.1. The minimum absolute atomic E-state index is 0.300. The highest BCUT2D eigenvalue weighted by Crippen LogP contribution is 2.21. The Hall–Kier alpha value is -0.780. The van der Waals surface area contributed by atoms with Crippen molar-refractivity contribution < 1.29 is 13.3 Å². The van der Waals surface area contributed by atoms with E-state index in [1.165, 1.54) is 6.07 Å². The van der Waals surface area contributed by atoms with E-state index < -0.39 is 11.0 Å². The molecule has 0 aliphatic rings. The van der Waals surface area contributed by atoms with Crippen molar-refractivity contribution in [1.29, 1.82) is 0 Å². The number of methoxy groups -OCH3 is 1. The Kier molecular flexibility index (Phi) is 5.64. The second-order valence-electron chi connectivity index (χ2n) is 5.51. The van der Waals surface area contributed by atoms with Crippen LogP contribution < -0.4 is 4.72 Å². The summed E-state index contributed by atoms with van der Waals surface area (Å²) in [5.41, 5.74) is 1.40. The number of hydrogen-bond donors (Lipinski definition) is 1. The predicted molar refractivity (Wildman–Crippen MR) is 76.6 cm³/mol. The lowest BCUT2D eigenvalue weighted by molar-refractivity contribution is 0.184. The molecule has 0 saturated heterocycles. The Labute approximate surface area is 117 Å². The minimum Gasteiger partial charge on any atom is -0.380 e. The van der Waals surface area contributed by atoms with Crippen molar-refractivity contribution in [2.75, 3.05) is 7.11 Å². The van der Waals surface area contributed by atoms with Gasteiger partial charge in [0.2, 0.25) is 0 Å². The zero-order valence-electron chi connectivity index (χ0n) is 12.1. The van der Waals surface area contributed by atoms with E-state index in [0.717, 1.165) is 5.56 Å². The first kappa shape index (κ1) is 16.3. The molecular formula is C14H22FNO2S. The quantitative estimate of drug-likeness (QED) is 0.904. The summed E-state index contributed by atoms with van der Waals surface area (Å²) in [5.74, 6) is -0.300. The molecule has 1 rings (SSSR count). The Morgan fingerprint density at radius 1 is 1.42 bits per heavy atom. The molecule has 0 saturated carbocycles. The molecule has 1 aromatic rings. The molecule has 1 aromatic carbocycles. The molecule has 0 fully saturated rings. The van der Waals surface area contributed by atoms with Gasteiger partial charge in [0.15, 0.2) is 0 Å². The maximum absolute atomic E-state index is 13.8. The monoisotopic (exact) mass is 287 g/mol. The van der Waals surface area contributed by atoms with E-state index in [9.17, 15) is 8.60 Å². The summed E-state index contributed by atoms with van der Waals surface area (Å²) < 4.78 is 33.4. The molecule has 1 N–H and O–H groups in total. The van der Waals surface area contributed by atoms with Gasteiger partial charge in [0.05, 0.1) is 22.3 Å². The van der Waals surface area contributed by atoms with Crippen LogP contribution in [0.3, 0.4) is 0 Å². The fourth-order valence-corrected chi connectivity index (χ4v) is 2.38. The Balaban J connectivity index is 2.89. The zero-order valence-corrected chi connectivity index (χ0v) is 12.9. The molecule has 0 spiro atoms. The summed E-state index contributed by atoms with van der Waals surface area (Å²) in [6.07, 6.45) is 0. The summed E-state index contributed by atoms with van der Waals surface area (Å²) in [4.78, 5) is 0. The predicted octanol–water partition coefficient (Wildman–Crippen LogP) is 3.08. The van der Waals surface area contributed by atoms with Crippen molar-refractivity contribution >= 4 is 11.0 Å². The standard InChI is InChI=1S/C14H22FNO2S/c1-10(16-19(17)14(2,3)4)12-8-11(9-18-5)6-7-13(12)15/h6-8,10,16H,9H2,1-5H3/t10-,19+/m0/s1. The van der Waals surface area contributed by atoms with Crippen molar-refractivity contribution in [3.8, 4) is 0 Å². The summed E-state index contributed by atoms with van der Waals surface area (Å²) in [5, 5.41) is 0. The van der Waals surface area contributed by atoms with Gasteiger partial charge in [-0.25, -0.2) is 13.3 Å². The van der Waals surface area contributed by atoms with Gasteiger partial charge in [-0.2, -0.15) is 0 Å². The van der Waals surface area contributed by atoms with Crippen LogP contribution in [0.2, 0.25) is 0 Å². The van der Waals surface area contributed by atoms with Crippen LogP contribution in [-0.4, -0.2) is 16.1 Å². The molecule has 2 atom stereocenters. The molecule has 0 aliphatic carbocycles. The van der Waals surface area contributed by atoms with Gasteiger partial charge in [-0.1, -0.05) is 6.07 Å².